The number of hydrogen-bond donors (Lipinski definition) is 0. The van der Waals surface area contributed by atoms with Crippen LogP contribution in [0.2, 0.25) is 0 Å². The van der Waals surface area contributed by atoms with Crippen LogP contribution in [0.15, 0.2) is 276 Å². The van der Waals surface area contributed by atoms with Crippen LogP contribution in [0.3, 0.4) is 0 Å². The van der Waals surface area contributed by atoms with Gasteiger partial charge in [0.25, 0.3) is 0 Å². The first-order valence-corrected chi connectivity index (χ1v) is 32.1. The summed E-state index contributed by atoms with van der Waals surface area (Å²) in [6.07, 6.45) is 0. The molecule has 13 aromatic carbocycles. The Hall–Kier alpha value is -11.3. The van der Waals surface area contributed by atoms with Gasteiger partial charge in [-0.05, 0) is 82.6 Å². The number of aromatic nitrogens is 2. The van der Waals surface area contributed by atoms with E-state index in [4.69, 9.17) is 8.83 Å². The van der Waals surface area contributed by atoms with Crippen LogP contribution in [0.25, 0.3) is 142 Å². The lowest BCUT2D eigenvalue weighted by atomic mass is 9.86. The fourth-order valence-corrected chi connectivity index (χ4v) is 15.9. The van der Waals surface area contributed by atoms with Crippen molar-refractivity contribution in [3.05, 3.63) is 278 Å². The zero-order valence-corrected chi connectivity index (χ0v) is 52.0. The van der Waals surface area contributed by atoms with E-state index in [1.54, 1.807) is 0 Å². The standard InChI is InChI=1S/C86H62N4O2/c1-85(2,3)67-41-21-35-61-63-37-23-43-69(83(63)91-81(61)67)87(53-29-15-9-16-30-53)55-45-47-57-59-33-19-39-65-75-74(52-27-13-8-14-28-52)80-76(73(51-25-11-7-12-26-51)79(75)89(77(59)65)71(57)49-55)66-40-20-34-60-58-48-46-56(50-72(58)90(80)78(60)66)88(54-31-17-10-18-32-54)70-44-24-38-64-62-36-22-42-68(86(4,5)6)82(62)92-84(64)70/h7-50H,1-6H3. The molecular weight excluding hydrogens is 1120 g/mol. The van der Waals surface area contributed by atoms with E-state index in [0.29, 0.717) is 0 Å². The molecular formula is C86H62N4O2. The average Bonchev–Trinajstić information content (AvgIpc) is 1.49. The van der Waals surface area contributed by atoms with E-state index in [2.05, 4.69) is 327 Å². The van der Waals surface area contributed by atoms with E-state index >= 15 is 0 Å². The van der Waals surface area contributed by atoms with Crippen LogP contribution in [0.1, 0.15) is 52.7 Å². The fourth-order valence-electron chi connectivity index (χ4n) is 15.9. The minimum absolute atomic E-state index is 0.116. The highest BCUT2D eigenvalue weighted by Gasteiger charge is 2.33. The predicted molar refractivity (Wildman–Crippen MR) is 388 cm³/mol. The lowest BCUT2D eigenvalue weighted by Crippen LogP contribution is -2.11. The summed E-state index contributed by atoms with van der Waals surface area (Å²) in [5, 5.41) is 14.1. The Morgan fingerprint density at radius 1 is 0.272 bits per heavy atom. The van der Waals surface area contributed by atoms with Gasteiger partial charge in [0.05, 0.1) is 44.5 Å². The van der Waals surface area contributed by atoms with Crippen molar-refractivity contribution in [3.8, 4) is 22.3 Å². The lowest BCUT2D eigenvalue weighted by Gasteiger charge is -2.25. The third kappa shape index (κ3) is 7.32. The van der Waals surface area contributed by atoms with E-state index < -0.39 is 0 Å². The summed E-state index contributed by atoms with van der Waals surface area (Å²) in [5.74, 6) is 0. The quantitative estimate of drug-likeness (QED) is 0.152. The Bertz CT molecular complexity index is 5810. The molecule has 19 rings (SSSR count). The topological polar surface area (TPSA) is 41.6 Å². The minimum atomic E-state index is -0.116. The first-order valence-electron chi connectivity index (χ1n) is 32.1. The third-order valence-corrected chi connectivity index (χ3v) is 19.8. The highest BCUT2D eigenvalue weighted by molar-refractivity contribution is 6.38. The molecule has 0 atom stereocenters. The van der Waals surface area contributed by atoms with Crippen LogP contribution < -0.4 is 9.80 Å². The summed E-state index contributed by atoms with van der Waals surface area (Å²) in [5.41, 5.74) is 23.6. The Morgan fingerprint density at radius 3 is 1.00 bits per heavy atom. The number of furan rings is 2. The minimum Gasteiger partial charge on any atom is -0.454 e. The number of nitrogens with zero attached hydrogens (tertiary/aromatic N) is 4. The van der Waals surface area contributed by atoms with Crippen molar-refractivity contribution in [2.24, 2.45) is 0 Å². The van der Waals surface area contributed by atoms with E-state index in [-0.39, 0.29) is 10.8 Å². The predicted octanol–water partition coefficient (Wildman–Crippen LogP) is 24.7. The van der Waals surface area contributed by atoms with Crippen LogP contribution in [-0.4, -0.2) is 8.80 Å². The van der Waals surface area contributed by atoms with Crippen molar-refractivity contribution >= 4 is 154 Å². The molecule has 6 heteroatoms. The summed E-state index contributed by atoms with van der Waals surface area (Å²) >= 11 is 0. The van der Waals surface area contributed by atoms with Gasteiger partial charge in [0, 0.05) is 110 Å². The highest BCUT2D eigenvalue weighted by atomic mass is 16.3. The van der Waals surface area contributed by atoms with Gasteiger partial charge in [-0.25, -0.2) is 0 Å². The van der Waals surface area contributed by atoms with Crippen LogP contribution >= 0.6 is 0 Å². The number of rotatable bonds is 8. The molecule has 6 nitrogen and oxygen atoms in total. The lowest BCUT2D eigenvalue weighted by molar-refractivity contribution is 0.572. The highest BCUT2D eigenvalue weighted by Crippen LogP contribution is 2.56. The summed E-state index contributed by atoms with van der Waals surface area (Å²) in [6, 6.07) is 98.4. The van der Waals surface area contributed by atoms with Gasteiger partial charge in [-0.1, -0.05) is 248 Å². The molecule has 0 aliphatic carbocycles. The number of benzene rings is 13. The van der Waals surface area contributed by atoms with Crippen molar-refractivity contribution in [2.75, 3.05) is 9.80 Å². The van der Waals surface area contributed by atoms with Gasteiger partial charge >= 0.3 is 0 Å². The van der Waals surface area contributed by atoms with E-state index in [0.717, 1.165) is 100 Å². The summed E-state index contributed by atoms with van der Waals surface area (Å²) in [6.45, 7) is 13.6. The largest absolute Gasteiger partial charge is 0.454 e. The van der Waals surface area contributed by atoms with E-state index in [9.17, 15) is 0 Å². The Labute approximate surface area is 531 Å². The zero-order valence-electron chi connectivity index (χ0n) is 52.0. The summed E-state index contributed by atoms with van der Waals surface area (Å²) < 4.78 is 19.6. The number of hydrogen-bond acceptors (Lipinski definition) is 4. The number of anilines is 6. The Balaban J connectivity index is 0.932. The molecule has 0 aliphatic heterocycles. The van der Waals surface area contributed by atoms with Gasteiger partial charge in [-0.15, -0.1) is 0 Å². The molecule has 0 saturated carbocycles. The molecule has 0 aliphatic rings. The molecule has 0 fully saturated rings. The van der Waals surface area contributed by atoms with Crippen molar-refractivity contribution < 1.29 is 8.83 Å². The normalized spacial score (nSPS) is 12.7. The second-order valence-corrected chi connectivity index (χ2v) is 27.1. The maximum absolute atomic E-state index is 7.18. The van der Waals surface area contributed by atoms with E-state index in [1.807, 2.05) is 0 Å². The van der Waals surface area contributed by atoms with Gasteiger partial charge in [-0.2, -0.15) is 0 Å². The number of para-hydroxylation sites is 8. The van der Waals surface area contributed by atoms with Gasteiger partial charge in [0.1, 0.15) is 11.2 Å². The summed E-state index contributed by atoms with van der Waals surface area (Å²) in [7, 11) is 0. The fraction of sp³-hybridized carbons (Fsp3) is 0.0930. The Kier molecular flexibility index (Phi) is 10.9. The average molecular weight is 1180 g/mol. The van der Waals surface area contributed by atoms with Crippen LogP contribution in [0.5, 0.6) is 0 Å². The zero-order chi connectivity index (χ0) is 61.5. The van der Waals surface area contributed by atoms with Crippen LogP contribution in [-0.2, 0) is 10.8 Å². The van der Waals surface area contributed by atoms with E-state index in [1.165, 1.54) is 87.4 Å². The molecule has 0 unspecified atom stereocenters. The molecule has 0 bridgehead atoms. The van der Waals surface area contributed by atoms with Gasteiger partial charge in [0.15, 0.2) is 11.2 Å². The molecule has 19 aromatic rings. The molecule has 0 radical (unpaired) electrons. The van der Waals surface area contributed by atoms with Crippen molar-refractivity contribution in [1.82, 2.24) is 8.80 Å². The second kappa shape index (κ2) is 19.1. The molecule has 0 saturated heterocycles. The Morgan fingerprint density at radius 2 is 0.609 bits per heavy atom. The molecule has 438 valence electrons. The third-order valence-electron chi connectivity index (χ3n) is 19.8. The maximum Gasteiger partial charge on any atom is 0.159 e. The first kappa shape index (κ1) is 52.6. The molecule has 6 aromatic heterocycles. The van der Waals surface area contributed by atoms with Gasteiger partial charge in [-0.3, -0.25) is 0 Å². The molecule has 0 N–H and O–H groups in total. The van der Waals surface area contributed by atoms with Crippen molar-refractivity contribution in [2.45, 2.75) is 52.4 Å². The molecule has 92 heavy (non-hydrogen) atoms. The number of fused-ring (bicyclic) bond motifs is 18. The molecule has 6 heterocycles. The van der Waals surface area contributed by atoms with Crippen LogP contribution in [0.4, 0.5) is 34.1 Å². The smallest absolute Gasteiger partial charge is 0.159 e. The first-order chi connectivity index (χ1) is 45.0. The molecule has 0 amide bonds. The van der Waals surface area contributed by atoms with Crippen molar-refractivity contribution in [3.63, 3.8) is 0 Å². The molecule has 0 spiro atoms. The SMILES string of the molecule is CC(C)(C)c1cccc2c1oc1c(N(c3ccccc3)c3ccc4c5cccc6c7c(-c8ccccc8)c8c(c(-c9ccccc9)c7n(c4c3)c56)c3cccc4c5ccc(N(c6ccccc6)c6cccc7c6oc6c(C(C)(C)C)cccc67)cc5n8c43)cccc12. The summed E-state index contributed by atoms with van der Waals surface area (Å²) in [4.78, 5) is 4.79. The van der Waals surface area contributed by atoms with Crippen molar-refractivity contribution in [1.29, 1.82) is 0 Å². The van der Waals surface area contributed by atoms with Crippen LogP contribution in [0, 0.1) is 0 Å². The second-order valence-electron chi connectivity index (χ2n) is 27.1. The van der Waals surface area contributed by atoms with Gasteiger partial charge in [0.2, 0.25) is 0 Å². The van der Waals surface area contributed by atoms with Gasteiger partial charge < -0.3 is 27.4 Å². The maximum atomic E-state index is 7.18. The monoisotopic (exact) mass is 1180 g/mol.